The van der Waals surface area contributed by atoms with Gasteiger partial charge in [-0.05, 0) is 43.5 Å². The van der Waals surface area contributed by atoms with Crippen molar-refractivity contribution in [2.75, 3.05) is 26.2 Å². The molecule has 0 saturated carbocycles. The standard InChI is InChI=1S/C13H18N2O2S.ClH/c1-10-4-2-3-5-13(10)18(16,17)15-8-11-6-14-7-12(11)9-15;/h2-5,11-12,14H,6-9H2,1H3;1H/t11-,12+;. The fourth-order valence-corrected chi connectivity index (χ4v) is 4.77. The fraction of sp³-hybridized carbons (Fsp3) is 0.538. The Bertz CT molecular complexity index is 550. The van der Waals surface area contributed by atoms with Crippen LogP contribution in [0.3, 0.4) is 0 Å². The second-order valence-electron chi connectivity index (χ2n) is 5.27. The highest BCUT2D eigenvalue weighted by Crippen LogP contribution is 2.31. The maximum atomic E-state index is 12.6. The number of aryl methyl sites for hydroxylation is 1. The molecule has 3 rings (SSSR count). The fourth-order valence-electron chi connectivity index (χ4n) is 2.99. The van der Waals surface area contributed by atoms with Crippen LogP contribution >= 0.6 is 12.4 Å². The second-order valence-corrected chi connectivity index (χ2v) is 7.17. The van der Waals surface area contributed by atoms with E-state index in [0.717, 1.165) is 18.7 Å². The summed E-state index contributed by atoms with van der Waals surface area (Å²) < 4.78 is 26.8. The van der Waals surface area contributed by atoms with E-state index in [1.54, 1.807) is 16.4 Å². The highest BCUT2D eigenvalue weighted by atomic mass is 35.5. The summed E-state index contributed by atoms with van der Waals surface area (Å²) in [6.45, 7) is 5.07. The van der Waals surface area contributed by atoms with E-state index in [9.17, 15) is 8.42 Å². The van der Waals surface area contributed by atoms with Crippen molar-refractivity contribution in [3.05, 3.63) is 29.8 Å². The summed E-state index contributed by atoms with van der Waals surface area (Å²) in [5.41, 5.74) is 0.827. The summed E-state index contributed by atoms with van der Waals surface area (Å²) in [6.07, 6.45) is 0. The van der Waals surface area contributed by atoms with Gasteiger partial charge in [-0.3, -0.25) is 0 Å². The first-order chi connectivity index (χ1) is 8.59. The molecule has 2 fully saturated rings. The lowest BCUT2D eigenvalue weighted by Crippen LogP contribution is -2.32. The number of rotatable bonds is 2. The van der Waals surface area contributed by atoms with Crippen molar-refractivity contribution in [2.45, 2.75) is 11.8 Å². The van der Waals surface area contributed by atoms with Crippen LogP contribution in [0.15, 0.2) is 29.2 Å². The third-order valence-corrected chi connectivity index (χ3v) is 6.06. The summed E-state index contributed by atoms with van der Waals surface area (Å²) in [6, 6.07) is 7.22. The van der Waals surface area contributed by atoms with E-state index >= 15 is 0 Å². The van der Waals surface area contributed by atoms with E-state index in [1.807, 2.05) is 19.1 Å². The molecule has 0 radical (unpaired) electrons. The number of hydrogen-bond acceptors (Lipinski definition) is 3. The molecule has 2 saturated heterocycles. The van der Waals surface area contributed by atoms with Crippen molar-refractivity contribution in [3.8, 4) is 0 Å². The van der Waals surface area contributed by atoms with Crippen molar-refractivity contribution < 1.29 is 8.42 Å². The van der Waals surface area contributed by atoms with Crippen LogP contribution in [0, 0.1) is 18.8 Å². The minimum atomic E-state index is -3.31. The molecule has 1 N–H and O–H groups in total. The van der Waals surface area contributed by atoms with E-state index < -0.39 is 10.0 Å². The Labute approximate surface area is 120 Å². The second kappa shape index (κ2) is 5.40. The van der Waals surface area contributed by atoms with Crippen LogP contribution in [0.1, 0.15) is 5.56 Å². The van der Waals surface area contributed by atoms with E-state index in [2.05, 4.69) is 5.32 Å². The zero-order chi connectivity index (χ0) is 12.8. The number of halogens is 1. The molecule has 2 aliphatic rings. The highest BCUT2D eigenvalue weighted by Gasteiger charge is 2.41. The van der Waals surface area contributed by atoms with Gasteiger partial charge in [-0.15, -0.1) is 12.4 Å². The molecule has 1 aromatic rings. The maximum absolute atomic E-state index is 12.6. The topological polar surface area (TPSA) is 49.4 Å². The van der Waals surface area contributed by atoms with Gasteiger partial charge in [-0.1, -0.05) is 18.2 Å². The van der Waals surface area contributed by atoms with E-state index in [0.29, 0.717) is 29.8 Å². The summed E-state index contributed by atoms with van der Waals surface area (Å²) in [4.78, 5) is 0.456. The number of nitrogens with one attached hydrogen (secondary N) is 1. The van der Waals surface area contributed by atoms with Crippen LogP contribution in [0.2, 0.25) is 0 Å². The molecule has 2 atom stereocenters. The van der Waals surface area contributed by atoms with Gasteiger partial charge >= 0.3 is 0 Å². The maximum Gasteiger partial charge on any atom is 0.243 e. The first-order valence-electron chi connectivity index (χ1n) is 6.35. The van der Waals surface area contributed by atoms with Crippen LogP contribution in [-0.2, 0) is 10.0 Å². The van der Waals surface area contributed by atoms with Crippen LogP contribution in [0.25, 0.3) is 0 Å². The molecule has 4 nitrogen and oxygen atoms in total. The van der Waals surface area contributed by atoms with Crippen LogP contribution in [-0.4, -0.2) is 38.9 Å². The number of hydrogen-bond donors (Lipinski definition) is 1. The van der Waals surface area contributed by atoms with Crippen molar-refractivity contribution in [3.63, 3.8) is 0 Å². The number of fused-ring (bicyclic) bond motifs is 1. The Morgan fingerprint density at radius 1 is 1.16 bits per heavy atom. The van der Waals surface area contributed by atoms with Gasteiger partial charge in [0, 0.05) is 13.1 Å². The van der Waals surface area contributed by atoms with Crippen LogP contribution < -0.4 is 5.32 Å². The molecule has 0 aromatic heterocycles. The van der Waals surface area contributed by atoms with Crippen molar-refractivity contribution >= 4 is 22.4 Å². The van der Waals surface area contributed by atoms with Gasteiger partial charge in [-0.2, -0.15) is 4.31 Å². The van der Waals surface area contributed by atoms with Gasteiger partial charge in [0.05, 0.1) is 4.90 Å². The molecule has 0 bridgehead atoms. The largest absolute Gasteiger partial charge is 0.316 e. The van der Waals surface area contributed by atoms with Crippen LogP contribution in [0.4, 0.5) is 0 Å². The van der Waals surface area contributed by atoms with E-state index in [4.69, 9.17) is 0 Å². The van der Waals surface area contributed by atoms with Gasteiger partial charge in [0.1, 0.15) is 0 Å². The molecule has 1 aromatic carbocycles. The normalized spacial score (nSPS) is 27.0. The Hall–Kier alpha value is -0.620. The van der Waals surface area contributed by atoms with Gasteiger partial charge in [-0.25, -0.2) is 8.42 Å². The minimum absolute atomic E-state index is 0. The summed E-state index contributed by atoms with van der Waals surface area (Å²) >= 11 is 0. The zero-order valence-corrected chi connectivity index (χ0v) is 12.5. The van der Waals surface area contributed by atoms with Gasteiger partial charge in [0.15, 0.2) is 0 Å². The Balaban J connectivity index is 0.00000133. The lowest BCUT2D eigenvalue weighted by atomic mass is 10.0. The SMILES string of the molecule is Cc1ccccc1S(=O)(=O)N1C[C@H]2CNC[C@H]2C1.Cl. The molecule has 0 aliphatic carbocycles. The quantitative estimate of drug-likeness (QED) is 0.895. The van der Waals surface area contributed by atoms with Crippen LogP contribution in [0.5, 0.6) is 0 Å². The molecule has 19 heavy (non-hydrogen) atoms. The van der Waals surface area contributed by atoms with Crippen molar-refractivity contribution in [1.82, 2.24) is 9.62 Å². The number of benzene rings is 1. The van der Waals surface area contributed by atoms with Gasteiger partial charge in [0.25, 0.3) is 0 Å². The van der Waals surface area contributed by atoms with E-state index in [-0.39, 0.29) is 12.4 Å². The smallest absolute Gasteiger partial charge is 0.243 e. The lowest BCUT2D eigenvalue weighted by molar-refractivity contribution is 0.447. The highest BCUT2D eigenvalue weighted by molar-refractivity contribution is 7.89. The molecule has 2 aliphatic heterocycles. The summed E-state index contributed by atoms with van der Waals surface area (Å²) in [7, 11) is -3.31. The minimum Gasteiger partial charge on any atom is -0.316 e. The van der Waals surface area contributed by atoms with Crippen molar-refractivity contribution in [2.24, 2.45) is 11.8 Å². The number of nitrogens with zero attached hydrogens (tertiary/aromatic N) is 1. The van der Waals surface area contributed by atoms with E-state index in [1.165, 1.54) is 0 Å². The van der Waals surface area contributed by atoms with Crippen molar-refractivity contribution in [1.29, 1.82) is 0 Å². The summed E-state index contributed by atoms with van der Waals surface area (Å²) in [5, 5.41) is 3.33. The van der Waals surface area contributed by atoms with Gasteiger partial charge < -0.3 is 5.32 Å². The first-order valence-corrected chi connectivity index (χ1v) is 7.79. The Morgan fingerprint density at radius 3 is 2.32 bits per heavy atom. The molecule has 0 unspecified atom stereocenters. The molecular formula is C13H19ClN2O2S. The summed E-state index contributed by atoms with van der Waals surface area (Å²) in [5.74, 6) is 0.979. The third-order valence-electron chi connectivity index (χ3n) is 4.07. The first kappa shape index (κ1) is 14.8. The molecule has 2 heterocycles. The zero-order valence-electron chi connectivity index (χ0n) is 10.9. The lowest BCUT2D eigenvalue weighted by Gasteiger charge is -2.18. The predicted octanol–water partition coefficient (Wildman–Crippen LogP) is 1.26. The molecule has 106 valence electrons. The average molecular weight is 303 g/mol. The van der Waals surface area contributed by atoms with Gasteiger partial charge in [0.2, 0.25) is 10.0 Å². The molecule has 6 heteroatoms. The molecule has 0 amide bonds. The average Bonchev–Trinajstić information content (AvgIpc) is 2.89. The molecular weight excluding hydrogens is 284 g/mol. The number of sulfonamides is 1. The molecule has 0 spiro atoms. The predicted molar refractivity (Wildman–Crippen MR) is 77.0 cm³/mol. The monoisotopic (exact) mass is 302 g/mol. The Kier molecular flexibility index (Phi) is 4.20. The Morgan fingerprint density at radius 2 is 1.74 bits per heavy atom. The third kappa shape index (κ3) is 2.52.